The molecule has 150 valence electrons. The number of nitrogens with zero attached hydrogens (tertiary/aromatic N) is 2. The number of rotatable bonds is 6. The SMILES string of the molecule is CN1CCN([C@@H](CNC(=O)C(=O)NCc2ccc(F)cc2)c2ccsc2)CC1. The van der Waals surface area contributed by atoms with Gasteiger partial charge in [0, 0.05) is 39.3 Å². The summed E-state index contributed by atoms with van der Waals surface area (Å²) in [5.74, 6) is -1.68. The Bertz CT molecular complexity index is 774. The van der Waals surface area contributed by atoms with Crippen LogP contribution in [0.2, 0.25) is 0 Å². The number of carbonyl (C=O) groups is 2. The Morgan fingerprint density at radius 1 is 1.07 bits per heavy atom. The lowest BCUT2D eigenvalue weighted by atomic mass is 10.1. The van der Waals surface area contributed by atoms with Gasteiger partial charge in [-0.15, -0.1) is 0 Å². The summed E-state index contributed by atoms with van der Waals surface area (Å²) in [6.45, 7) is 4.36. The fourth-order valence-electron chi connectivity index (χ4n) is 3.19. The molecule has 3 rings (SSSR count). The number of hydrogen-bond donors (Lipinski definition) is 2. The second-order valence-electron chi connectivity index (χ2n) is 6.93. The highest BCUT2D eigenvalue weighted by Gasteiger charge is 2.25. The number of nitrogens with one attached hydrogen (secondary N) is 2. The molecule has 0 bridgehead atoms. The Kier molecular flexibility index (Phi) is 7.13. The second-order valence-corrected chi connectivity index (χ2v) is 7.71. The van der Waals surface area contributed by atoms with Crippen LogP contribution in [-0.2, 0) is 16.1 Å². The average molecular weight is 405 g/mol. The van der Waals surface area contributed by atoms with Crippen LogP contribution >= 0.6 is 11.3 Å². The molecule has 8 heteroatoms. The molecule has 2 heterocycles. The lowest BCUT2D eigenvalue weighted by molar-refractivity contribution is -0.139. The molecule has 6 nitrogen and oxygen atoms in total. The molecule has 1 saturated heterocycles. The highest BCUT2D eigenvalue weighted by molar-refractivity contribution is 7.08. The average Bonchev–Trinajstić information content (AvgIpc) is 3.23. The normalized spacial score (nSPS) is 16.5. The molecule has 2 N–H and O–H groups in total. The van der Waals surface area contributed by atoms with Crippen molar-refractivity contribution in [3.63, 3.8) is 0 Å². The zero-order chi connectivity index (χ0) is 19.9. The van der Waals surface area contributed by atoms with E-state index >= 15 is 0 Å². The first-order chi connectivity index (χ1) is 13.5. The van der Waals surface area contributed by atoms with Crippen molar-refractivity contribution in [3.8, 4) is 0 Å². The van der Waals surface area contributed by atoms with E-state index in [0.717, 1.165) is 37.3 Å². The highest BCUT2D eigenvalue weighted by atomic mass is 32.1. The minimum atomic E-state index is -0.688. The van der Waals surface area contributed by atoms with Gasteiger partial charge in [0.1, 0.15) is 5.82 Å². The van der Waals surface area contributed by atoms with Crippen molar-refractivity contribution in [2.45, 2.75) is 12.6 Å². The van der Waals surface area contributed by atoms with E-state index in [9.17, 15) is 14.0 Å². The van der Waals surface area contributed by atoms with Crippen molar-refractivity contribution in [2.24, 2.45) is 0 Å². The maximum Gasteiger partial charge on any atom is 0.309 e. The minimum Gasteiger partial charge on any atom is -0.346 e. The topological polar surface area (TPSA) is 64.7 Å². The van der Waals surface area contributed by atoms with E-state index in [0.29, 0.717) is 6.54 Å². The molecule has 1 aliphatic rings. The van der Waals surface area contributed by atoms with Gasteiger partial charge in [-0.2, -0.15) is 11.3 Å². The van der Waals surface area contributed by atoms with E-state index < -0.39 is 11.8 Å². The predicted octanol–water partition coefficient (Wildman–Crippen LogP) is 1.61. The number of halogens is 1. The van der Waals surface area contributed by atoms with Crippen LogP contribution in [0.1, 0.15) is 17.2 Å². The fraction of sp³-hybridized carbons (Fsp3) is 0.400. The highest BCUT2D eigenvalue weighted by Crippen LogP contribution is 2.23. The van der Waals surface area contributed by atoms with Crippen LogP contribution in [0.25, 0.3) is 0 Å². The van der Waals surface area contributed by atoms with Gasteiger partial charge in [0.25, 0.3) is 0 Å². The van der Waals surface area contributed by atoms with Crippen molar-refractivity contribution >= 4 is 23.2 Å². The summed E-state index contributed by atoms with van der Waals surface area (Å²) >= 11 is 1.62. The van der Waals surface area contributed by atoms with Gasteiger partial charge in [-0.25, -0.2) is 4.39 Å². The summed E-state index contributed by atoms with van der Waals surface area (Å²) in [6, 6.07) is 7.91. The fourth-order valence-corrected chi connectivity index (χ4v) is 3.90. The van der Waals surface area contributed by atoms with Crippen molar-refractivity contribution in [1.82, 2.24) is 20.4 Å². The summed E-state index contributed by atoms with van der Waals surface area (Å²) in [5.41, 5.74) is 1.89. The molecule has 1 atom stereocenters. The van der Waals surface area contributed by atoms with Crippen molar-refractivity contribution in [1.29, 1.82) is 0 Å². The zero-order valence-electron chi connectivity index (χ0n) is 15.9. The second kappa shape index (κ2) is 9.77. The molecule has 1 aromatic heterocycles. The van der Waals surface area contributed by atoms with Gasteiger partial charge in [0.2, 0.25) is 0 Å². The van der Waals surface area contributed by atoms with Crippen LogP contribution < -0.4 is 10.6 Å². The molecule has 1 aromatic carbocycles. The summed E-state index contributed by atoms with van der Waals surface area (Å²) in [5, 5.41) is 9.44. The first-order valence-corrected chi connectivity index (χ1v) is 10.2. The molecule has 2 aromatic rings. The Morgan fingerprint density at radius 2 is 1.75 bits per heavy atom. The maximum atomic E-state index is 12.9. The summed E-state index contributed by atoms with van der Waals surface area (Å²) in [4.78, 5) is 28.9. The van der Waals surface area contributed by atoms with E-state index in [1.165, 1.54) is 12.1 Å². The van der Waals surface area contributed by atoms with E-state index in [4.69, 9.17) is 0 Å². The molecule has 28 heavy (non-hydrogen) atoms. The summed E-state index contributed by atoms with van der Waals surface area (Å²) < 4.78 is 12.9. The summed E-state index contributed by atoms with van der Waals surface area (Å²) in [7, 11) is 2.10. The number of benzene rings is 1. The molecule has 2 amide bonds. The smallest absolute Gasteiger partial charge is 0.309 e. The van der Waals surface area contributed by atoms with Crippen LogP contribution in [0.5, 0.6) is 0 Å². The third kappa shape index (κ3) is 5.60. The molecular weight excluding hydrogens is 379 g/mol. The molecule has 0 spiro atoms. The first kappa shape index (κ1) is 20.4. The number of carbonyl (C=O) groups excluding carboxylic acids is 2. The Balaban J connectivity index is 1.52. The summed E-state index contributed by atoms with van der Waals surface area (Å²) in [6.07, 6.45) is 0. The molecule has 1 fully saturated rings. The van der Waals surface area contributed by atoms with Gasteiger partial charge in [-0.05, 0) is 47.1 Å². The van der Waals surface area contributed by atoms with Crippen LogP contribution in [0.4, 0.5) is 4.39 Å². The lowest BCUT2D eigenvalue weighted by Gasteiger charge is -2.37. The van der Waals surface area contributed by atoms with Crippen LogP contribution in [0.3, 0.4) is 0 Å². The zero-order valence-corrected chi connectivity index (χ0v) is 16.7. The van der Waals surface area contributed by atoms with Gasteiger partial charge < -0.3 is 15.5 Å². The number of piperazine rings is 1. The molecule has 1 aliphatic heterocycles. The number of thiophene rings is 1. The van der Waals surface area contributed by atoms with E-state index in [2.05, 4.69) is 38.9 Å². The molecule has 0 saturated carbocycles. The lowest BCUT2D eigenvalue weighted by Crippen LogP contribution is -2.49. The Labute approximate surface area is 168 Å². The van der Waals surface area contributed by atoms with Gasteiger partial charge in [0.15, 0.2) is 0 Å². The standard InChI is InChI=1S/C20H25FN4O2S/c1-24-7-9-25(10-8-24)18(16-6-11-28-14-16)13-23-20(27)19(26)22-12-15-2-4-17(21)5-3-15/h2-6,11,14,18H,7-10,12-13H2,1H3,(H,22,26)(H,23,27)/t18-/m0/s1. The van der Waals surface area contributed by atoms with Gasteiger partial charge in [-0.1, -0.05) is 12.1 Å². The number of hydrogen-bond acceptors (Lipinski definition) is 5. The molecular formula is C20H25FN4O2S. The predicted molar refractivity (Wildman–Crippen MR) is 107 cm³/mol. The minimum absolute atomic E-state index is 0.0498. The third-order valence-corrected chi connectivity index (χ3v) is 5.64. The van der Waals surface area contributed by atoms with Crippen LogP contribution in [0, 0.1) is 5.82 Å². The first-order valence-electron chi connectivity index (χ1n) is 9.28. The van der Waals surface area contributed by atoms with Crippen molar-refractivity contribution in [3.05, 3.63) is 58.0 Å². The van der Waals surface area contributed by atoms with Gasteiger partial charge in [0.05, 0.1) is 6.04 Å². The van der Waals surface area contributed by atoms with Gasteiger partial charge in [-0.3, -0.25) is 14.5 Å². The van der Waals surface area contributed by atoms with Crippen molar-refractivity contribution < 1.29 is 14.0 Å². The van der Waals surface area contributed by atoms with Crippen molar-refractivity contribution in [2.75, 3.05) is 39.8 Å². The third-order valence-electron chi connectivity index (χ3n) is 4.94. The van der Waals surface area contributed by atoms with Crippen LogP contribution in [-0.4, -0.2) is 61.4 Å². The quantitative estimate of drug-likeness (QED) is 0.718. The number of likely N-dealkylation sites (N-methyl/N-ethyl adjacent to an activating group) is 1. The molecule has 0 unspecified atom stereocenters. The van der Waals surface area contributed by atoms with E-state index in [1.54, 1.807) is 23.5 Å². The van der Waals surface area contributed by atoms with E-state index in [-0.39, 0.29) is 18.4 Å². The Hall–Kier alpha value is -2.29. The van der Waals surface area contributed by atoms with E-state index in [1.807, 2.05) is 5.38 Å². The monoisotopic (exact) mass is 404 g/mol. The molecule has 0 aliphatic carbocycles. The molecule has 0 radical (unpaired) electrons. The van der Waals surface area contributed by atoms with Gasteiger partial charge >= 0.3 is 11.8 Å². The van der Waals surface area contributed by atoms with Crippen LogP contribution in [0.15, 0.2) is 41.1 Å². The largest absolute Gasteiger partial charge is 0.346 e. The maximum absolute atomic E-state index is 12.9. The number of amides is 2. The Morgan fingerprint density at radius 3 is 2.39 bits per heavy atom.